The fraction of sp³-hybridized carbons (Fsp3) is 0.188. The number of anilines is 1. The minimum atomic E-state index is -0.640. The first kappa shape index (κ1) is 15.7. The van der Waals surface area contributed by atoms with Gasteiger partial charge in [0.05, 0.1) is 10.7 Å². The Hall–Kier alpha value is -1.71. The molecule has 2 aromatic rings. The molecule has 0 aromatic heterocycles. The Morgan fingerprint density at radius 1 is 1.19 bits per heavy atom. The molecule has 2 rings (SSSR count). The van der Waals surface area contributed by atoms with E-state index >= 15 is 0 Å². The van der Waals surface area contributed by atoms with Crippen molar-refractivity contribution in [1.82, 2.24) is 0 Å². The van der Waals surface area contributed by atoms with E-state index in [-0.39, 0.29) is 5.91 Å². The first-order valence-electron chi connectivity index (χ1n) is 6.45. The molecule has 0 aliphatic heterocycles. The Bertz CT molecular complexity index is 658. The number of carbonyl (C=O) groups is 1. The van der Waals surface area contributed by atoms with Gasteiger partial charge in [-0.1, -0.05) is 35.3 Å². The van der Waals surface area contributed by atoms with Crippen molar-refractivity contribution in [3.05, 3.63) is 58.1 Å². The number of aryl methyl sites for hydroxylation is 1. The van der Waals surface area contributed by atoms with Crippen LogP contribution < -0.4 is 10.1 Å². The number of hydrogen-bond acceptors (Lipinski definition) is 2. The van der Waals surface area contributed by atoms with E-state index in [4.69, 9.17) is 27.9 Å². The summed E-state index contributed by atoms with van der Waals surface area (Å²) in [6.07, 6.45) is -0.640. The van der Waals surface area contributed by atoms with E-state index < -0.39 is 6.10 Å². The number of nitrogens with one attached hydrogen (secondary N) is 1. The van der Waals surface area contributed by atoms with Gasteiger partial charge in [-0.25, -0.2) is 0 Å². The summed E-state index contributed by atoms with van der Waals surface area (Å²) >= 11 is 11.8. The van der Waals surface area contributed by atoms with Crippen molar-refractivity contribution in [3.8, 4) is 5.75 Å². The van der Waals surface area contributed by atoms with Crippen LogP contribution in [-0.4, -0.2) is 12.0 Å². The average Bonchev–Trinajstić information content (AvgIpc) is 2.41. The third-order valence-corrected chi connectivity index (χ3v) is 3.41. The molecule has 0 saturated heterocycles. The van der Waals surface area contributed by atoms with Crippen molar-refractivity contribution in [2.24, 2.45) is 0 Å². The van der Waals surface area contributed by atoms with E-state index in [0.717, 1.165) is 5.56 Å². The number of carbonyl (C=O) groups excluding carboxylic acids is 1. The number of hydrogen-bond donors (Lipinski definition) is 1. The fourth-order valence-corrected chi connectivity index (χ4v) is 2.23. The maximum absolute atomic E-state index is 12.1. The van der Waals surface area contributed by atoms with Gasteiger partial charge in [-0.2, -0.15) is 0 Å². The molecule has 0 heterocycles. The number of ether oxygens (including phenoxy) is 1. The molecule has 0 aliphatic carbocycles. The van der Waals surface area contributed by atoms with Crippen LogP contribution in [0.3, 0.4) is 0 Å². The van der Waals surface area contributed by atoms with Gasteiger partial charge in [-0.15, -0.1) is 0 Å². The van der Waals surface area contributed by atoms with Gasteiger partial charge in [0.2, 0.25) is 0 Å². The minimum absolute atomic E-state index is 0.277. The fourth-order valence-electron chi connectivity index (χ4n) is 1.77. The van der Waals surface area contributed by atoms with Crippen LogP contribution in [-0.2, 0) is 4.79 Å². The molecular weight excluding hydrogens is 309 g/mol. The zero-order valence-electron chi connectivity index (χ0n) is 11.7. The molecule has 1 unspecified atom stereocenters. The molecule has 5 heteroatoms. The zero-order chi connectivity index (χ0) is 15.4. The van der Waals surface area contributed by atoms with Crippen LogP contribution in [0.25, 0.3) is 0 Å². The van der Waals surface area contributed by atoms with E-state index in [1.54, 1.807) is 25.1 Å². The third kappa shape index (κ3) is 4.38. The largest absolute Gasteiger partial charge is 0.481 e. The Kier molecular flexibility index (Phi) is 5.10. The van der Waals surface area contributed by atoms with E-state index in [2.05, 4.69) is 5.32 Å². The van der Waals surface area contributed by atoms with E-state index in [1.807, 2.05) is 31.2 Å². The van der Waals surface area contributed by atoms with Crippen molar-refractivity contribution in [2.75, 3.05) is 5.32 Å². The monoisotopic (exact) mass is 323 g/mol. The lowest BCUT2D eigenvalue weighted by molar-refractivity contribution is -0.122. The minimum Gasteiger partial charge on any atom is -0.481 e. The summed E-state index contributed by atoms with van der Waals surface area (Å²) < 4.78 is 5.61. The number of rotatable bonds is 4. The lowest BCUT2D eigenvalue weighted by atomic mass is 10.2. The Morgan fingerprint density at radius 2 is 1.95 bits per heavy atom. The van der Waals surface area contributed by atoms with Gasteiger partial charge in [-0.05, 0) is 49.7 Å². The highest BCUT2D eigenvalue weighted by Crippen LogP contribution is 2.25. The van der Waals surface area contributed by atoms with Crippen molar-refractivity contribution in [1.29, 1.82) is 0 Å². The molecule has 110 valence electrons. The SMILES string of the molecule is Cc1cccc(OC(C)C(=O)Nc2ccc(Cl)cc2Cl)c1. The Balaban J connectivity index is 2.02. The highest BCUT2D eigenvalue weighted by atomic mass is 35.5. The standard InChI is InChI=1S/C16H15Cl2NO2/c1-10-4-3-5-13(8-10)21-11(2)16(20)19-15-7-6-12(17)9-14(15)18/h3-9,11H,1-2H3,(H,19,20). The normalized spacial score (nSPS) is 11.8. The van der Waals surface area contributed by atoms with E-state index in [9.17, 15) is 4.79 Å². The van der Waals surface area contributed by atoms with Crippen molar-refractivity contribution >= 4 is 34.8 Å². The summed E-state index contributed by atoms with van der Waals surface area (Å²) in [4.78, 5) is 12.1. The molecule has 1 atom stereocenters. The zero-order valence-corrected chi connectivity index (χ0v) is 13.2. The molecule has 0 bridgehead atoms. The van der Waals surface area contributed by atoms with Crippen LogP contribution in [0.5, 0.6) is 5.75 Å². The average molecular weight is 324 g/mol. The molecule has 21 heavy (non-hydrogen) atoms. The van der Waals surface area contributed by atoms with Gasteiger partial charge in [-0.3, -0.25) is 4.79 Å². The summed E-state index contributed by atoms with van der Waals surface area (Å²) in [6, 6.07) is 12.4. The van der Waals surface area contributed by atoms with Gasteiger partial charge in [0.15, 0.2) is 6.10 Å². The topological polar surface area (TPSA) is 38.3 Å². The van der Waals surface area contributed by atoms with Crippen LogP contribution in [0.15, 0.2) is 42.5 Å². The first-order chi connectivity index (χ1) is 9.95. The maximum atomic E-state index is 12.1. The van der Waals surface area contributed by atoms with Gasteiger partial charge in [0.25, 0.3) is 5.91 Å². The Morgan fingerprint density at radius 3 is 2.62 bits per heavy atom. The number of amides is 1. The molecule has 0 saturated carbocycles. The van der Waals surface area contributed by atoms with Gasteiger partial charge in [0.1, 0.15) is 5.75 Å². The smallest absolute Gasteiger partial charge is 0.265 e. The second kappa shape index (κ2) is 6.83. The van der Waals surface area contributed by atoms with Crippen molar-refractivity contribution in [2.45, 2.75) is 20.0 Å². The number of benzene rings is 2. The van der Waals surface area contributed by atoms with Crippen LogP contribution in [0, 0.1) is 6.92 Å². The summed E-state index contributed by atoms with van der Waals surface area (Å²) in [5.41, 5.74) is 1.58. The molecule has 3 nitrogen and oxygen atoms in total. The highest BCUT2D eigenvalue weighted by molar-refractivity contribution is 6.36. The highest BCUT2D eigenvalue weighted by Gasteiger charge is 2.16. The molecular formula is C16H15Cl2NO2. The third-order valence-electron chi connectivity index (χ3n) is 2.86. The predicted octanol–water partition coefficient (Wildman–Crippen LogP) is 4.71. The summed E-state index contributed by atoms with van der Waals surface area (Å²) in [7, 11) is 0. The van der Waals surface area contributed by atoms with E-state index in [1.165, 1.54) is 0 Å². The molecule has 2 aromatic carbocycles. The van der Waals surface area contributed by atoms with Crippen LogP contribution in [0.1, 0.15) is 12.5 Å². The molecule has 0 fully saturated rings. The molecule has 0 aliphatic rings. The first-order valence-corrected chi connectivity index (χ1v) is 7.20. The molecule has 1 N–H and O–H groups in total. The molecule has 1 amide bonds. The summed E-state index contributed by atoms with van der Waals surface area (Å²) in [5, 5.41) is 3.62. The molecule has 0 spiro atoms. The second-order valence-corrected chi connectivity index (χ2v) is 5.53. The maximum Gasteiger partial charge on any atom is 0.265 e. The van der Waals surface area contributed by atoms with Crippen LogP contribution >= 0.6 is 23.2 Å². The lowest BCUT2D eigenvalue weighted by Crippen LogP contribution is -2.30. The van der Waals surface area contributed by atoms with Gasteiger partial charge < -0.3 is 10.1 Å². The van der Waals surface area contributed by atoms with Crippen molar-refractivity contribution < 1.29 is 9.53 Å². The summed E-state index contributed by atoms with van der Waals surface area (Å²) in [5.74, 6) is 0.376. The molecule has 0 radical (unpaired) electrons. The Labute approximate surface area is 133 Å². The van der Waals surface area contributed by atoms with E-state index in [0.29, 0.717) is 21.5 Å². The second-order valence-electron chi connectivity index (χ2n) is 4.69. The van der Waals surface area contributed by atoms with Gasteiger partial charge >= 0.3 is 0 Å². The van der Waals surface area contributed by atoms with Crippen molar-refractivity contribution in [3.63, 3.8) is 0 Å². The quantitative estimate of drug-likeness (QED) is 0.885. The number of halogens is 2. The lowest BCUT2D eigenvalue weighted by Gasteiger charge is -2.15. The van der Waals surface area contributed by atoms with Gasteiger partial charge in [0, 0.05) is 5.02 Å². The van der Waals surface area contributed by atoms with Crippen LogP contribution in [0.4, 0.5) is 5.69 Å². The predicted molar refractivity (Wildman–Crippen MR) is 86.4 cm³/mol. The summed E-state index contributed by atoms with van der Waals surface area (Å²) in [6.45, 7) is 3.65. The van der Waals surface area contributed by atoms with Crippen LogP contribution in [0.2, 0.25) is 10.0 Å².